The van der Waals surface area contributed by atoms with Crippen molar-refractivity contribution in [1.82, 2.24) is 14.7 Å². The van der Waals surface area contributed by atoms with Crippen LogP contribution in [-0.2, 0) is 30.4 Å². The molecule has 0 saturated carbocycles. The van der Waals surface area contributed by atoms with Crippen molar-refractivity contribution in [3.63, 3.8) is 0 Å². The Balaban J connectivity index is 0.975. The second-order valence-corrected chi connectivity index (χ2v) is 20.0. The van der Waals surface area contributed by atoms with Gasteiger partial charge in [-0.3, -0.25) is 19.0 Å². The van der Waals surface area contributed by atoms with Gasteiger partial charge in [0, 0.05) is 63.2 Å². The molecule has 1 unspecified atom stereocenters. The summed E-state index contributed by atoms with van der Waals surface area (Å²) in [5, 5.41) is 8.19. The normalized spacial score (nSPS) is 18.3. The first-order valence-electron chi connectivity index (χ1n) is 20.4. The number of anilines is 2. The fourth-order valence-electron chi connectivity index (χ4n) is 8.42. The number of benzene rings is 4. The Morgan fingerprint density at radius 1 is 0.705 bits per heavy atom. The number of amides is 3. The Kier molecular flexibility index (Phi) is 12.4. The van der Waals surface area contributed by atoms with Crippen LogP contribution in [0.2, 0.25) is 0 Å². The quantitative estimate of drug-likeness (QED) is 0.183. The predicted octanol–water partition coefficient (Wildman–Crippen LogP) is 6.35. The first-order chi connectivity index (χ1) is 29.0. The van der Waals surface area contributed by atoms with Crippen LogP contribution in [0.1, 0.15) is 86.6 Å². The van der Waals surface area contributed by atoms with Gasteiger partial charge < -0.3 is 19.4 Å². The van der Waals surface area contributed by atoms with Crippen LogP contribution in [0.5, 0.6) is 0 Å². The summed E-state index contributed by atoms with van der Waals surface area (Å²) < 4.78 is 63.0. The lowest BCUT2D eigenvalue weighted by Crippen LogP contribution is -2.49. The number of aryl methyl sites for hydroxylation is 2. The number of ether oxygens (including phenoxy) is 1. The highest BCUT2D eigenvalue weighted by Gasteiger charge is 2.44. The lowest BCUT2D eigenvalue weighted by Gasteiger charge is -2.42. The van der Waals surface area contributed by atoms with Gasteiger partial charge in [-0.05, 0) is 97.7 Å². The Labute approximate surface area is 357 Å². The number of nitrogens with one attached hydrogen (secondary N) is 2. The van der Waals surface area contributed by atoms with Crippen molar-refractivity contribution in [3.05, 3.63) is 130 Å². The highest BCUT2D eigenvalue weighted by Crippen LogP contribution is 2.39. The zero-order valence-corrected chi connectivity index (χ0v) is 36.1. The summed E-state index contributed by atoms with van der Waals surface area (Å²) in [6.07, 6.45) is 2.71. The van der Waals surface area contributed by atoms with Crippen molar-refractivity contribution >= 4 is 49.3 Å². The van der Waals surface area contributed by atoms with E-state index in [4.69, 9.17) is 10.00 Å². The third kappa shape index (κ3) is 9.84. The fourth-order valence-corrected chi connectivity index (χ4v) is 10.5. The van der Waals surface area contributed by atoms with Crippen molar-refractivity contribution in [2.24, 2.45) is 0 Å². The monoisotopic (exact) mass is 866 g/mol. The maximum atomic E-state index is 13.9. The molecule has 16 heteroatoms. The molecule has 3 saturated heterocycles. The van der Waals surface area contributed by atoms with Gasteiger partial charge >= 0.3 is 6.09 Å². The van der Waals surface area contributed by atoms with E-state index < -0.39 is 37.0 Å². The molecule has 320 valence electrons. The lowest BCUT2D eigenvalue weighted by molar-refractivity contribution is -0.0477. The van der Waals surface area contributed by atoms with Crippen LogP contribution in [0.25, 0.3) is 0 Å². The molecule has 0 aromatic heterocycles. The average molecular weight is 867 g/mol. The number of nitriles is 1. The Morgan fingerprint density at radius 2 is 1.25 bits per heavy atom. The summed E-state index contributed by atoms with van der Waals surface area (Å²) in [4.78, 5) is 46.0. The van der Waals surface area contributed by atoms with Crippen molar-refractivity contribution in [1.29, 1.82) is 5.26 Å². The van der Waals surface area contributed by atoms with E-state index in [-0.39, 0.29) is 63.2 Å². The predicted molar refractivity (Wildman–Crippen MR) is 232 cm³/mol. The number of sulfonamides is 2. The third-order valence-electron chi connectivity index (χ3n) is 12.1. The molecule has 3 aliphatic rings. The molecule has 1 atom stereocenters. The SMILES string of the molecule is Cc1ccc(C(=O)N2CCC(OC(=O)N3CCC(S(=O)(=O)Nc4cc(C(=O)N5CCC(c6ccc(C#N)cc6)CC5)ccc4C)C3)(c3ccccc3)CC2)cc1NS(C)(=O)=O. The number of rotatable bonds is 10. The Bertz CT molecular complexity index is 2560. The summed E-state index contributed by atoms with van der Waals surface area (Å²) in [7, 11) is -7.56. The van der Waals surface area contributed by atoms with E-state index >= 15 is 0 Å². The van der Waals surface area contributed by atoms with Gasteiger partial charge in [-0.1, -0.05) is 54.6 Å². The minimum atomic E-state index is -4.00. The number of hydrogen-bond acceptors (Lipinski definition) is 9. The first-order valence-corrected chi connectivity index (χ1v) is 23.8. The molecule has 4 aromatic rings. The largest absolute Gasteiger partial charge is 0.438 e. The first kappa shape index (κ1) is 43.2. The minimum Gasteiger partial charge on any atom is -0.438 e. The number of piperidine rings is 2. The molecule has 7 rings (SSSR count). The van der Waals surface area contributed by atoms with Crippen molar-refractivity contribution in [2.45, 2.75) is 62.7 Å². The molecule has 0 aliphatic carbocycles. The van der Waals surface area contributed by atoms with Gasteiger partial charge in [0.2, 0.25) is 20.0 Å². The highest BCUT2D eigenvalue weighted by atomic mass is 32.2. The summed E-state index contributed by atoms with van der Waals surface area (Å²) in [6.45, 7) is 5.19. The van der Waals surface area contributed by atoms with Crippen LogP contribution >= 0.6 is 0 Å². The molecule has 61 heavy (non-hydrogen) atoms. The third-order valence-corrected chi connectivity index (χ3v) is 14.5. The van der Waals surface area contributed by atoms with Crippen molar-refractivity contribution in [2.75, 3.05) is 55.0 Å². The van der Waals surface area contributed by atoms with Gasteiger partial charge in [0.1, 0.15) is 5.60 Å². The van der Waals surface area contributed by atoms with E-state index in [0.29, 0.717) is 52.3 Å². The molecule has 0 bridgehead atoms. The van der Waals surface area contributed by atoms with Gasteiger partial charge in [0.15, 0.2) is 0 Å². The van der Waals surface area contributed by atoms with Crippen LogP contribution in [0, 0.1) is 25.2 Å². The lowest BCUT2D eigenvalue weighted by atomic mass is 9.84. The number of nitrogens with zero attached hydrogens (tertiary/aromatic N) is 4. The fraction of sp³-hybridized carbons (Fsp3) is 0.378. The van der Waals surface area contributed by atoms with Gasteiger partial charge in [-0.25, -0.2) is 21.6 Å². The number of hydrogen-bond donors (Lipinski definition) is 2. The summed E-state index contributed by atoms with van der Waals surface area (Å²) >= 11 is 0. The molecule has 3 aliphatic heterocycles. The molecule has 4 aromatic carbocycles. The second-order valence-electron chi connectivity index (χ2n) is 16.3. The minimum absolute atomic E-state index is 0.0905. The zero-order valence-electron chi connectivity index (χ0n) is 34.5. The number of carbonyl (C=O) groups excluding carboxylic acids is 3. The summed E-state index contributed by atoms with van der Waals surface area (Å²) in [6, 6.07) is 28.9. The van der Waals surface area contributed by atoms with Gasteiger partial charge in [-0.2, -0.15) is 5.26 Å². The molecule has 0 radical (unpaired) electrons. The molecular weight excluding hydrogens is 817 g/mol. The molecular formula is C45H50N6O8S2. The molecule has 3 amide bonds. The van der Waals surface area contributed by atoms with Gasteiger partial charge in [0.25, 0.3) is 11.8 Å². The van der Waals surface area contributed by atoms with Crippen molar-refractivity contribution < 1.29 is 36.0 Å². The highest BCUT2D eigenvalue weighted by molar-refractivity contribution is 7.93. The standard InChI is InChI=1S/C45H50N6O8S2/c1-31-9-13-36(27-40(31)47-60(3,55)56)43(53)50-25-20-45(21-26-50,38-7-5-4-6-8-38)59-44(54)51-24-19-39(30-51)61(57,58)48-41-28-37(14-10-32(41)2)42(52)49-22-17-35(18-23-49)34-15-11-33(29-46)12-16-34/h4-16,27-28,35,39,47-48H,17-26,30H2,1-3H3. The number of carbonyl (C=O) groups is 3. The van der Waals surface area contributed by atoms with Crippen LogP contribution < -0.4 is 9.44 Å². The Morgan fingerprint density at radius 3 is 1.80 bits per heavy atom. The molecule has 3 fully saturated rings. The van der Waals surface area contributed by atoms with Crippen LogP contribution in [0.15, 0.2) is 91.0 Å². The maximum absolute atomic E-state index is 13.9. The molecule has 2 N–H and O–H groups in total. The number of likely N-dealkylation sites (tertiary alicyclic amines) is 3. The van der Waals surface area contributed by atoms with E-state index in [2.05, 4.69) is 15.5 Å². The molecule has 14 nitrogen and oxygen atoms in total. The van der Waals surface area contributed by atoms with Crippen molar-refractivity contribution in [3.8, 4) is 6.07 Å². The van der Waals surface area contributed by atoms with Crippen LogP contribution in [-0.4, -0.2) is 100 Å². The second kappa shape index (κ2) is 17.6. The summed E-state index contributed by atoms with van der Waals surface area (Å²) in [5.41, 5.74) is 4.08. The van der Waals surface area contributed by atoms with E-state index in [1.165, 1.54) is 11.0 Å². The smallest absolute Gasteiger partial charge is 0.410 e. The summed E-state index contributed by atoms with van der Waals surface area (Å²) in [5.74, 6) is -0.180. The van der Waals surface area contributed by atoms with Crippen LogP contribution in [0.4, 0.5) is 16.2 Å². The van der Waals surface area contributed by atoms with Gasteiger partial charge in [-0.15, -0.1) is 0 Å². The van der Waals surface area contributed by atoms with E-state index in [1.807, 2.05) is 54.6 Å². The Hall–Kier alpha value is -5.92. The topological polar surface area (TPSA) is 186 Å². The van der Waals surface area contributed by atoms with E-state index in [0.717, 1.165) is 30.2 Å². The zero-order chi connectivity index (χ0) is 43.5. The molecule has 3 heterocycles. The van der Waals surface area contributed by atoms with E-state index in [1.54, 1.807) is 54.0 Å². The van der Waals surface area contributed by atoms with Gasteiger partial charge in [0.05, 0.1) is 34.5 Å². The van der Waals surface area contributed by atoms with E-state index in [9.17, 15) is 31.2 Å². The molecule has 0 spiro atoms. The average Bonchev–Trinajstić information content (AvgIpc) is 3.77. The van der Waals surface area contributed by atoms with Crippen LogP contribution in [0.3, 0.4) is 0 Å². The maximum Gasteiger partial charge on any atom is 0.410 e.